The molecule has 0 spiro atoms. The summed E-state index contributed by atoms with van der Waals surface area (Å²) >= 11 is 5.88. The van der Waals surface area contributed by atoms with Crippen LogP contribution in [0.15, 0.2) is 24.3 Å². The number of benzene rings is 1. The first-order chi connectivity index (χ1) is 7.63. The molecule has 0 radical (unpaired) electrons. The topological polar surface area (TPSA) is 44.8 Å². The maximum atomic E-state index is 11.8. The van der Waals surface area contributed by atoms with E-state index in [1.165, 1.54) is 7.11 Å². The van der Waals surface area contributed by atoms with Crippen LogP contribution in [0, 0.1) is 0 Å². The zero-order valence-electron chi connectivity index (χ0n) is 8.76. The van der Waals surface area contributed by atoms with Gasteiger partial charge in [0, 0.05) is 18.6 Å². The van der Waals surface area contributed by atoms with Gasteiger partial charge in [0.05, 0.1) is 12.7 Å². The molecule has 0 saturated carbocycles. The molecule has 0 aliphatic carbocycles. The molecular weight excluding hydrogens is 251 g/mol. The maximum absolute atomic E-state index is 11.8. The van der Waals surface area contributed by atoms with Crippen molar-refractivity contribution in [3.05, 3.63) is 34.9 Å². The normalized spacial score (nSPS) is 30.2. The van der Waals surface area contributed by atoms with Crippen LogP contribution in [0.4, 0.5) is 0 Å². The fourth-order valence-electron chi connectivity index (χ4n) is 1.54. The van der Waals surface area contributed by atoms with E-state index in [0.29, 0.717) is 18.1 Å². The number of halogens is 1. The standard InChI is InChI=1S/C10H12ClO4P/c1-13-16(12)14-6-5-10(15-16)8-3-2-4-9(11)7-8/h2-4,7,10H,5-6H2,1H3/t10-,16?/m1/s1. The molecular formula is C10H12ClO4P. The second-order valence-electron chi connectivity index (χ2n) is 3.40. The summed E-state index contributed by atoms with van der Waals surface area (Å²) < 4.78 is 26.8. The molecule has 0 amide bonds. The van der Waals surface area contributed by atoms with E-state index in [0.717, 1.165) is 5.56 Å². The van der Waals surface area contributed by atoms with Crippen molar-refractivity contribution >= 4 is 19.4 Å². The van der Waals surface area contributed by atoms with Crippen LogP contribution in [-0.2, 0) is 18.1 Å². The van der Waals surface area contributed by atoms with Crippen molar-refractivity contribution in [2.45, 2.75) is 12.5 Å². The molecule has 1 saturated heterocycles. The highest BCUT2D eigenvalue weighted by Gasteiger charge is 2.34. The molecule has 0 aromatic heterocycles. The second-order valence-corrected chi connectivity index (χ2v) is 5.57. The molecule has 88 valence electrons. The molecule has 1 fully saturated rings. The first-order valence-corrected chi connectivity index (χ1v) is 6.71. The predicted molar refractivity (Wildman–Crippen MR) is 60.5 cm³/mol. The summed E-state index contributed by atoms with van der Waals surface area (Å²) in [6, 6.07) is 7.27. The van der Waals surface area contributed by atoms with Crippen molar-refractivity contribution in [3.63, 3.8) is 0 Å². The van der Waals surface area contributed by atoms with Gasteiger partial charge in [-0.25, -0.2) is 4.57 Å². The number of hydrogen-bond donors (Lipinski definition) is 0. The lowest BCUT2D eigenvalue weighted by atomic mass is 10.1. The van der Waals surface area contributed by atoms with Gasteiger partial charge in [0.1, 0.15) is 0 Å². The quantitative estimate of drug-likeness (QED) is 0.764. The van der Waals surface area contributed by atoms with Gasteiger partial charge in [-0.1, -0.05) is 23.7 Å². The molecule has 4 nitrogen and oxygen atoms in total. The van der Waals surface area contributed by atoms with Crippen LogP contribution in [0.2, 0.25) is 5.02 Å². The van der Waals surface area contributed by atoms with Gasteiger partial charge in [0.15, 0.2) is 0 Å². The molecule has 1 unspecified atom stereocenters. The zero-order chi connectivity index (χ0) is 11.6. The Morgan fingerprint density at radius 2 is 2.38 bits per heavy atom. The van der Waals surface area contributed by atoms with E-state index in [2.05, 4.69) is 0 Å². The summed E-state index contributed by atoms with van der Waals surface area (Å²) in [7, 11) is -2.07. The smallest absolute Gasteiger partial charge is 0.290 e. The van der Waals surface area contributed by atoms with Crippen LogP contribution in [0.5, 0.6) is 0 Å². The zero-order valence-corrected chi connectivity index (χ0v) is 10.4. The summed E-state index contributed by atoms with van der Waals surface area (Å²) in [4.78, 5) is 0. The lowest BCUT2D eigenvalue weighted by Gasteiger charge is -2.28. The van der Waals surface area contributed by atoms with Crippen molar-refractivity contribution in [1.82, 2.24) is 0 Å². The Kier molecular flexibility index (Phi) is 3.67. The fraction of sp³-hybridized carbons (Fsp3) is 0.400. The van der Waals surface area contributed by atoms with Crippen molar-refractivity contribution in [2.75, 3.05) is 13.7 Å². The van der Waals surface area contributed by atoms with Crippen LogP contribution in [0.3, 0.4) is 0 Å². The van der Waals surface area contributed by atoms with Gasteiger partial charge in [0.25, 0.3) is 0 Å². The minimum Gasteiger partial charge on any atom is -0.290 e. The Hall–Kier alpha value is -0.380. The van der Waals surface area contributed by atoms with E-state index >= 15 is 0 Å². The predicted octanol–water partition coefficient (Wildman–Crippen LogP) is 3.57. The van der Waals surface area contributed by atoms with Crippen LogP contribution < -0.4 is 0 Å². The molecule has 2 rings (SSSR count). The summed E-state index contributed by atoms with van der Waals surface area (Å²) in [6.45, 7) is 0.350. The summed E-state index contributed by atoms with van der Waals surface area (Å²) in [5, 5.41) is 0.625. The van der Waals surface area contributed by atoms with E-state index in [9.17, 15) is 4.57 Å². The Balaban J connectivity index is 2.19. The van der Waals surface area contributed by atoms with Crippen LogP contribution >= 0.6 is 19.4 Å². The van der Waals surface area contributed by atoms with E-state index < -0.39 is 7.82 Å². The van der Waals surface area contributed by atoms with Gasteiger partial charge < -0.3 is 0 Å². The molecule has 0 bridgehead atoms. The Morgan fingerprint density at radius 1 is 1.56 bits per heavy atom. The summed E-state index contributed by atoms with van der Waals surface area (Å²) in [5.74, 6) is 0. The van der Waals surface area contributed by atoms with E-state index in [1.54, 1.807) is 12.1 Å². The minimum atomic E-state index is -3.37. The van der Waals surface area contributed by atoms with Gasteiger partial charge in [-0.05, 0) is 17.7 Å². The molecule has 1 aliphatic rings. The fourth-order valence-corrected chi connectivity index (χ4v) is 2.86. The molecule has 1 heterocycles. The first kappa shape index (κ1) is 12.1. The highest BCUT2D eigenvalue weighted by Crippen LogP contribution is 2.56. The average molecular weight is 263 g/mol. The second kappa shape index (κ2) is 4.86. The highest BCUT2D eigenvalue weighted by molar-refractivity contribution is 7.48. The molecule has 1 aromatic rings. The highest BCUT2D eigenvalue weighted by atomic mass is 35.5. The molecule has 16 heavy (non-hydrogen) atoms. The van der Waals surface area contributed by atoms with Crippen LogP contribution in [-0.4, -0.2) is 13.7 Å². The number of phosphoric acid groups is 1. The minimum absolute atomic E-state index is 0.293. The lowest BCUT2D eigenvalue weighted by Crippen LogP contribution is -2.14. The van der Waals surface area contributed by atoms with Gasteiger partial charge in [-0.3, -0.25) is 13.6 Å². The number of rotatable bonds is 2. The Labute approximate surface area is 99.1 Å². The third-order valence-corrected chi connectivity index (χ3v) is 4.02. The largest absolute Gasteiger partial charge is 0.475 e. The Bertz CT molecular complexity index is 423. The SMILES string of the molecule is COP1(=O)OCC[C@H](c2cccc(Cl)c2)O1. The summed E-state index contributed by atoms with van der Waals surface area (Å²) in [5.41, 5.74) is 0.882. The van der Waals surface area contributed by atoms with Crippen molar-refractivity contribution in [1.29, 1.82) is 0 Å². The van der Waals surface area contributed by atoms with E-state index in [-0.39, 0.29) is 6.10 Å². The maximum Gasteiger partial charge on any atom is 0.475 e. The van der Waals surface area contributed by atoms with E-state index in [1.807, 2.05) is 12.1 Å². The van der Waals surface area contributed by atoms with Crippen LogP contribution in [0.1, 0.15) is 18.1 Å². The third-order valence-electron chi connectivity index (χ3n) is 2.33. The third kappa shape index (κ3) is 2.65. The Morgan fingerprint density at radius 3 is 3.06 bits per heavy atom. The van der Waals surface area contributed by atoms with Crippen molar-refractivity contribution in [2.24, 2.45) is 0 Å². The van der Waals surface area contributed by atoms with Crippen molar-refractivity contribution < 1.29 is 18.1 Å². The average Bonchev–Trinajstić information content (AvgIpc) is 2.29. The number of phosphoric ester groups is 1. The number of hydrogen-bond acceptors (Lipinski definition) is 4. The van der Waals surface area contributed by atoms with Gasteiger partial charge in [-0.2, -0.15) is 0 Å². The summed E-state index contributed by atoms with van der Waals surface area (Å²) in [6.07, 6.45) is 0.339. The van der Waals surface area contributed by atoms with Gasteiger partial charge >= 0.3 is 7.82 Å². The van der Waals surface area contributed by atoms with Crippen molar-refractivity contribution in [3.8, 4) is 0 Å². The molecule has 0 N–H and O–H groups in total. The monoisotopic (exact) mass is 262 g/mol. The van der Waals surface area contributed by atoms with Crippen LogP contribution in [0.25, 0.3) is 0 Å². The first-order valence-electron chi connectivity index (χ1n) is 4.87. The molecule has 6 heteroatoms. The molecule has 1 aliphatic heterocycles. The van der Waals surface area contributed by atoms with E-state index in [4.69, 9.17) is 25.2 Å². The lowest BCUT2D eigenvalue weighted by molar-refractivity contribution is 0.0374. The van der Waals surface area contributed by atoms with Gasteiger partial charge in [-0.15, -0.1) is 0 Å². The molecule has 1 aromatic carbocycles. The molecule has 2 atom stereocenters. The van der Waals surface area contributed by atoms with Gasteiger partial charge in [0.2, 0.25) is 0 Å².